The van der Waals surface area contributed by atoms with Gasteiger partial charge in [-0.15, -0.1) is 0 Å². The number of aldehydes is 1. The lowest BCUT2D eigenvalue weighted by Gasteiger charge is -2.30. The van der Waals surface area contributed by atoms with Gasteiger partial charge in [-0.25, -0.2) is 4.39 Å². The highest BCUT2D eigenvalue weighted by atomic mass is 19.4. The van der Waals surface area contributed by atoms with Crippen molar-refractivity contribution in [2.24, 2.45) is 0 Å². The number of hydrogen-bond donors (Lipinski definition) is 0. The molecule has 0 aliphatic carbocycles. The lowest BCUT2D eigenvalue weighted by molar-refractivity contribution is -0.453. The molecule has 3 nitrogen and oxygen atoms in total. The van der Waals surface area contributed by atoms with Crippen LogP contribution in [0.2, 0.25) is 0 Å². The summed E-state index contributed by atoms with van der Waals surface area (Å²) >= 11 is 0. The number of carbonyl (C=O) groups excluding carboxylic acids is 1. The van der Waals surface area contributed by atoms with Crippen LogP contribution in [0.5, 0.6) is 0 Å². The molecule has 0 spiro atoms. The van der Waals surface area contributed by atoms with Crippen molar-refractivity contribution in [3.05, 3.63) is 0 Å². The third-order valence-corrected chi connectivity index (χ3v) is 1.79. The normalized spacial score (nSPS) is 33.8. The molecule has 0 radical (unpaired) electrons. The van der Waals surface area contributed by atoms with Gasteiger partial charge in [0.25, 0.3) is 6.36 Å². The molecule has 1 fully saturated rings. The summed E-state index contributed by atoms with van der Waals surface area (Å²) in [6.45, 7) is 0. The molecule has 2 unspecified atom stereocenters. The minimum absolute atomic E-state index is 1.18. The van der Waals surface area contributed by atoms with Gasteiger partial charge in [-0.3, -0.25) is 14.3 Å². The second-order valence-corrected chi connectivity index (χ2v) is 2.96. The molecule has 17 heavy (non-hydrogen) atoms. The van der Waals surface area contributed by atoms with E-state index in [-0.39, 0.29) is 0 Å². The monoisotopic (exact) mass is 274 g/mol. The molecule has 0 saturated carbocycles. The van der Waals surface area contributed by atoms with Gasteiger partial charge in [0.1, 0.15) is 0 Å². The number of carbonyl (C=O) groups is 1. The smallest absolute Gasteiger partial charge is 0.297 e. The van der Waals surface area contributed by atoms with Crippen molar-refractivity contribution in [2.75, 3.05) is 0 Å². The highest BCUT2D eigenvalue weighted by molar-refractivity contribution is 5.61. The quantitative estimate of drug-likeness (QED) is 0.542. The minimum atomic E-state index is -6.31. The number of rotatable bonds is 1. The first-order chi connectivity index (χ1) is 7.40. The van der Waals surface area contributed by atoms with E-state index < -0.39 is 36.6 Å². The molecule has 100 valence electrons. The van der Waals surface area contributed by atoms with Crippen LogP contribution in [0.15, 0.2) is 0 Å². The highest BCUT2D eigenvalue weighted by Crippen LogP contribution is 2.54. The average Bonchev–Trinajstić information content (AvgIpc) is 2.39. The Morgan fingerprint density at radius 2 is 1.47 bits per heavy atom. The zero-order chi connectivity index (χ0) is 13.7. The molecule has 0 aromatic heterocycles. The third-order valence-electron chi connectivity index (χ3n) is 1.79. The van der Waals surface area contributed by atoms with Crippen LogP contribution >= 0.6 is 0 Å². The van der Waals surface area contributed by atoms with E-state index in [2.05, 4.69) is 9.47 Å². The summed E-state index contributed by atoms with van der Waals surface area (Å²) in [5.41, 5.74) is 0. The molecule has 1 rings (SSSR count). The van der Waals surface area contributed by atoms with E-state index in [0.29, 0.717) is 0 Å². The van der Waals surface area contributed by atoms with E-state index in [4.69, 9.17) is 0 Å². The van der Waals surface area contributed by atoms with E-state index in [1.165, 1.54) is 0 Å². The van der Waals surface area contributed by atoms with E-state index in [0.717, 1.165) is 0 Å². The fourth-order valence-electron chi connectivity index (χ4n) is 1.00. The Bertz CT molecular complexity index is 308. The number of alkyl halides is 8. The summed E-state index contributed by atoms with van der Waals surface area (Å²) in [6, 6.07) is 0. The van der Waals surface area contributed by atoms with Crippen LogP contribution in [0, 0.1) is 0 Å². The fraction of sp³-hybridized carbons (Fsp3) is 0.833. The molecular formula is C6H2F8O3. The van der Waals surface area contributed by atoms with E-state index in [9.17, 15) is 39.9 Å². The lowest BCUT2D eigenvalue weighted by atomic mass is 10.2. The highest BCUT2D eigenvalue weighted by Gasteiger charge is 2.82. The van der Waals surface area contributed by atoms with Crippen LogP contribution in [-0.4, -0.2) is 36.6 Å². The van der Waals surface area contributed by atoms with Crippen LogP contribution in [-0.2, 0) is 14.3 Å². The molecule has 0 aromatic rings. The zero-order valence-corrected chi connectivity index (χ0v) is 7.40. The van der Waals surface area contributed by atoms with Crippen LogP contribution in [0.1, 0.15) is 0 Å². The molecule has 0 bridgehead atoms. The second-order valence-electron chi connectivity index (χ2n) is 2.96. The van der Waals surface area contributed by atoms with Crippen molar-refractivity contribution >= 4 is 6.29 Å². The maximum absolute atomic E-state index is 12.9. The topological polar surface area (TPSA) is 35.5 Å². The van der Waals surface area contributed by atoms with Gasteiger partial charge in [-0.2, -0.15) is 30.7 Å². The number of halogens is 8. The molecule has 1 heterocycles. The van der Waals surface area contributed by atoms with Crippen LogP contribution < -0.4 is 0 Å². The number of hydrogen-bond acceptors (Lipinski definition) is 3. The van der Waals surface area contributed by atoms with Crippen molar-refractivity contribution in [3.63, 3.8) is 0 Å². The Balaban J connectivity index is 3.29. The zero-order valence-electron chi connectivity index (χ0n) is 7.40. The summed E-state index contributed by atoms with van der Waals surface area (Å²) in [7, 11) is 0. The fourth-order valence-corrected chi connectivity index (χ4v) is 1.00. The molecule has 1 saturated heterocycles. The van der Waals surface area contributed by atoms with Crippen molar-refractivity contribution in [3.8, 4) is 0 Å². The first-order valence-electron chi connectivity index (χ1n) is 3.70. The van der Waals surface area contributed by atoms with Gasteiger partial charge in [0.2, 0.25) is 0 Å². The van der Waals surface area contributed by atoms with Crippen molar-refractivity contribution < 1.29 is 49.4 Å². The predicted molar refractivity (Wildman–Crippen MR) is 31.8 cm³/mol. The Morgan fingerprint density at radius 3 is 1.65 bits per heavy atom. The SMILES string of the molecule is O=CC1(F)OC(C(F)(F)F)(C(F)(F)F)OC1F. The third kappa shape index (κ3) is 1.86. The predicted octanol–water partition coefficient (Wildman–Crippen LogP) is 2.01. The Hall–Kier alpha value is -0.970. The first kappa shape index (κ1) is 14.1. The van der Waals surface area contributed by atoms with Gasteiger partial charge in [0.05, 0.1) is 0 Å². The molecule has 1 aliphatic rings. The minimum Gasteiger partial charge on any atom is -0.297 e. The molecule has 0 N–H and O–H groups in total. The summed E-state index contributed by atoms with van der Waals surface area (Å²) < 4.78 is 104. The van der Waals surface area contributed by atoms with E-state index in [1.807, 2.05) is 0 Å². The summed E-state index contributed by atoms with van der Waals surface area (Å²) in [5, 5.41) is 0. The van der Waals surface area contributed by atoms with Gasteiger partial charge in [0, 0.05) is 0 Å². The summed E-state index contributed by atoms with van der Waals surface area (Å²) in [4.78, 5) is 9.93. The van der Waals surface area contributed by atoms with Gasteiger partial charge in [0.15, 0.2) is 6.29 Å². The molecule has 11 heteroatoms. The first-order valence-corrected chi connectivity index (χ1v) is 3.70. The van der Waals surface area contributed by atoms with Gasteiger partial charge < -0.3 is 0 Å². The van der Waals surface area contributed by atoms with Gasteiger partial charge in [-0.1, -0.05) is 0 Å². The molecule has 1 aliphatic heterocycles. The van der Waals surface area contributed by atoms with Crippen LogP contribution in [0.25, 0.3) is 0 Å². The Morgan fingerprint density at radius 1 is 1.06 bits per heavy atom. The Labute approximate surface area is 87.3 Å². The standard InChI is InChI=1S/C6H2F8O3/c7-2-3(8,1-15)17-4(16-2,5(9,10)11)6(12,13)14/h1-2H. The Kier molecular flexibility index (Phi) is 2.91. The molecule has 0 amide bonds. The van der Waals surface area contributed by atoms with E-state index in [1.54, 1.807) is 0 Å². The lowest BCUT2D eigenvalue weighted by Crippen LogP contribution is -2.58. The van der Waals surface area contributed by atoms with Gasteiger partial charge >= 0.3 is 24.0 Å². The molecule has 0 aromatic carbocycles. The van der Waals surface area contributed by atoms with Crippen molar-refractivity contribution in [1.29, 1.82) is 0 Å². The largest absolute Gasteiger partial charge is 0.453 e. The number of ether oxygens (including phenoxy) is 2. The average molecular weight is 274 g/mol. The molecule has 2 atom stereocenters. The maximum Gasteiger partial charge on any atom is 0.453 e. The second kappa shape index (κ2) is 3.51. The van der Waals surface area contributed by atoms with E-state index >= 15 is 0 Å². The van der Waals surface area contributed by atoms with Gasteiger partial charge in [-0.05, 0) is 0 Å². The van der Waals surface area contributed by atoms with Crippen molar-refractivity contribution in [1.82, 2.24) is 0 Å². The molecular weight excluding hydrogens is 272 g/mol. The van der Waals surface area contributed by atoms with Crippen LogP contribution in [0.4, 0.5) is 35.1 Å². The van der Waals surface area contributed by atoms with Crippen molar-refractivity contribution in [2.45, 2.75) is 30.4 Å². The summed E-state index contributed by atoms with van der Waals surface area (Å²) in [5.74, 6) is -9.97. The summed E-state index contributed by atoms with van der Waals surface area (Å²) in [6.07, 6.45) is -17.7. The maximum atomic E-state index is 12.9. The van der Waals surface area contributed by atoms with Crippen LogP contribution in [0.3, 0.4) is 0 Å².